The van der Waals surface area contributed by atoms with E-state index in [9.17, 15) is 17.6 Å². The first kappa shape index (κ1) is 15.9. The number of benzene rings is 1. The average molecular weight is 279 g/mol. The summed E-state index contributed by atoms with van der Waals surface area (Å²) in [6.45, 7) is 1.48. The Morgan fingerprint density at radius 2 is 2.05 bits per heavy atom. The zero-order valence-corrected chi connectivity index (χ0v) is 10.6. The second kappa shape index (κ2) is 7.45. The quantitative estimate of drug-likeness (QED) is 0.610. The van der Waals surface area contributed by atoms with E-state index in [0.29, 0.717) is 12.1 Å². The predicted octanol–water partition coefficient (Wildman–Crippen LogP) is 3.45. The largest absolute Gasteiger partial charge is 0.411 e. The van der Waals surface area contributed by atoms with Crippen LogP contribution >= 0.6 is 0 Å². The Labute approximate surface area is 109 Å². The third-order valence-corrected chi connectivity index (χ3v) is 2.43. The molecule has 0 amide bonds. The fourth-order valence-corrected chi connectivity index (χ4v) is 1.58. The summed E-state index contributed by atoms with van der Waals surface area (Å²) < 4.78 is 54.5. The Balaban J connectivity index is 2.68. The van der Waals surface area contributed by atoms with Crippen LogP contribution in [0.3, 0.4) is 0 Å². The maximum Gasteiger partial charge on any atom is 0.411 e. The predicted molar refractivity (Wildman–Crippen MR) is 64.3 cm³/mol. The van der Waals surface area contributed by atoms with Crippen molar-refractivity contribution in [3.05, 3.63) is 35.6 Å². The lowest BCUT2D eigenvalue weighted by Gasteiger charge is -2.20. The highest BCUT2D eigenvalue weighted by molar-refractivity contribution is 5.19. The second-order valence-corrected chi connectivity index (χ2v) is 4.17. The summed E-state index contributed by atoms with van der Waals surface area (Å²) in [6, 6.07) is 5.44. The van der Waals surface area contributed by atoms with Crippen LogP contribution in [0.4, 0.5) is 17.6 Å². The fourth-order valence-electron chi connectivity index (χ4n) is 1.58. The van der Waals surface area contributed by atoms with E-state index in [1.54, 1.807) is 6.07 Å². The molecule has 0 aromatic heterocycles. The Morgan fingerprint density at radius 3 is 2.63 bits per heavy atom. The molecule has 6 heteroatoms. The maximum atomic E-state index is 13.1. The van der Waals surface area contributed by atoms with Crippen LogP contribution in [0.15, 0.2) is 24.3 Å². The van der Waals surface area contributed by atoms with Gasteiger partial charge in [-0.3, -0.25) is 0 Å². The molecule has 2 nitrogen and oxygen atoms in total. The zero-order chi connectivity index (χ0) is 14.3. The molecule has 0 aliphatic carbocycles. The van der Waals surface area contributed by atoms with Crippen LogP contribution < -0.4 is 5.32 Å². The molecule has 0 radical (unpaired) electrons. The first-order chi connectivity index (χ1) is 8.92. The van der Waals surface area contributed by atoms with Crippen molar-refractivity contribution in [2.24, 2.45) is 0 Å². The van der Waals surface area contributed by atoms with Crippen molar-refractivity contribution in [2.45, 2.75) is 25.6 Å². The molecule has 0 aliphatic rings. The van der Waals surface area contributed by atoms with Crippen LogP contribution in [0.1, 0.15) is 25.0 Å². The van der Waals surface area contributed by atoms with Gasteiger partial charge in [-0.15, -0.1) is 0 Å². The molecule has 0 aliphatic heterocycles. The van der Waals surface area contributed by atoms with Crippen molar-refractivity contribution in [3.8, 4) is 0 Å². The number of halogens is 4. The summed E-state index contributed by atoms with van der Waals surface area (Å²) in [5.74, 6) is -0.492. The Morgan fingerprint density at radius 1 is 1.32 bits per heavy atom. The van der Waals surface area contributed by atoms with Gasteiger partial charge in [0, 0.05) is 6.54 Å². The summed E-state index contributed by atoms with van der Waals surface area (Å²) in [5.41, 5.74) is 0.396. The zero-order valence-electron chi connectivity index (χ0n) is 10.6. The van der Waals surface area contributed by atoms with Gasteiger partial charge in [-0.2, -0.15) is 13.2 Å². The Kier molecular flexibility index (Phi) is 6.24. The maximum absolute atomic E-state index is 13.1. The van der Waals surface area contributed by atoms with Gasteiger partial charge in [0.25, 0.3) is 0 Å². The lowest BCUT2D eigenvalue weighted by Crippen LogP contribution is -2.27. The molecule has 0 fully saturated rings. The number of ether oxygens (including phenoxy) is 1. The summed E-state index contributed by atoms with van der Waals surface area (Å²) in [4.78, 5) is 0. The van der Waals surface area contributed by atoms with Gasteiger partial charge in [0.05, 0.1) is 6.10 Å². The first-order valence-electron chi connectivity index (χ1n) is 6.07. The average Bonchev–Trinajstić information content (AvgIpc) is 2.32. The molecule has 0 saturated carbocycles. The number of hydrogen-bond acceptors (Lipinski definition) is 2. The molecule has 0 saturated heterocycles. The molecule has 19 heavy (non-hydrogen) atoms. The smallest absolute Gasteiger partial charge is 0.363 e. The van der Waals surface area contributed by atoms with Crippen LogP contribution in [0, 0.1) is 5.82 Å². The highest BCUT2D eigenvalue weighted by Crippen LogP contribution is 2.22. The SMILES string of the molecule is CCCNCC(OCC(F)(F)F)c1cccc(F)c1. The van der Waals surface area contributed by atoms with Crippen molar-refractivity contribution in [1.29, 1.82) is 0 Å². The van der Waals surface area contributed by atoms with Crippen LogP contribution in [-0.2, 0) is 4.74 Å². The van der Waals surface area contributed by atoms with E-state index in [-0.39, 0.29) is 6.54 Å². The van der Waals surface area contributed by atoms with E-state index in [1.807, 2.05) is 6.92 Å². The Hall–Kier alpha value is -1.14. The van der Waals surface area contributed by atoms with Crippen LogP contribution in [-0.4, -0.2) is 25.9 Å². The molecule has 108 valence electrons. The molecule has 1 unspecified atom stereocenters. The minimum absolute atomic E-state index is 0.216. The van der Waals surface area contributed by atoms with Crippen molar-refractivity contribution >= 4 is 0 Å². The van der Waals surface area contributed by atoms with Crippen LogP contribution in [0.2, 0.25) is 0 Å². The third-order valence-electron chi connectivity index (χ3n) is 2.43. The highest BCUT2D eigenvalue weighted by atomic mass is 19.4. The van der Waals surface area contributed by atoms with Crippen molar-refractivity contribution in [1.82, 2.24) is 5.32 Å². The number of alkyl halides is 3. The van der Waals surface area contributed by atoms with Gasteiger partial charge in [0.15, 0.2) is 0 Å². The van der Waals surface area contributed by atoms with Crippen molar-refractivity contribution < 1.29 is 22.3 Å². The van der Waals surface area contributed by atoms with Gasteiger partial charge in [0.1, 0.15) is 12.4 Å². The molecular weight excluding hydrogens is 262 g/mol. The summed E-state index contributed by atoms with van der Waals surface area (Å²) in [5, 5.41) is 2.97. The van der Waals surface area contributed by atoms with E-state index in [0.717, 1.165) is 6.42 Å². The van der Waals surface area contributed by atoms with Gasteiger partial charge in [-0.25, -0.2) is 4.39 Å². The molecule has 1 rings (SSSR count). The molecule has 0 spiro atoms. The highest BCUT2D eigenvalue weighted by Gasteiger charge is 2.29. The standard InChI is InChI=1S/C13H17F4NO/c1-2-6-18-8-12(19-9-13(15,16)17)10-4-3-5-11(14)7-10/h3-5,7,12,18H,2,6,8-9H2,1H3. The second-order valence-electron chi connectivity index (χ2n) is 4.17. The molecule has 1 atom stereocenters. The van der Waals surface area contributed by atoms with E-state index >= 15 is 0 Å². The molecular formula is C13H17F4NO. The van der Waals surface area contributed by atoms with E-state index < -0.39 is 24.7 Å². The molecule has 1 aromatic carbocycles. The molecule has 0 heterocycles. The number of hydrogen-bond donors (Lipinski definition) is 1. The van der Waals surface area contributed by atoms with Gasteiger partial charge < -0.3 is 10.1 Å². The van der Waals surface area contributed by atoms with E-state index in [2.05, 4.69) is 5.32 Å². The summed E-state index contributed by atoms with van der Waals surface area (Å²) in [6.07, 6.45) is -4.35. The third kappa shape index (κ3) is 6.54. The van der Waals surface area contributed by atoms with Gasteiger partial charge in [-0.05, 0) is 30.7 Å². The first-order valence-corrected chi connectivity index (χ1v) is 6.07. The van der Waals surface area contributed by atoms with Gasteiger partial charge in [-0.1, -0.05) is 19.1 Å². The van der Waals surface area contributed by atoms with Gasteiger partial charge in [0.2, 0.25) is 0 Å². The minimum Gasteiger partial charge on any atom is -0.363 e. The van der Waals surface area contributed by atoms with Crippen molar-refractivity contribution in [3.63, 3.8) is 0 Å². The normalized spacial score (nSPS) is 13.5. The Bertz CT molecular complexity index is 381. The van der Waals surface area contributed by atoms with E-state index in [4.69, 9.17) is 4.74 Å². The molecule has 1 N–H and O–H groups in total. The van der Waals surface area contributed by atoms with Gasteiger partial charge >= 0.3 is 6.18 Å². The number of rotatable bonds is 7. The lowest BCUT2D eigenvalue weighted by molar-refractivity contribution is -0.185. The van der Waals surface area contributed by atoms with Crippen LogP contribution in [0.5, 0.6) is 0 Å². The molecule has 1 aromatic rings. The van der Waals surface area contributed by atoms with Crippen LogP contribution in [0.25, 0.3) is 0 Å². The molecule has 0 bridgehead atoms. The topological polar surface area (TPSA) is 21.3 Å². The summed E-state index contributed by atoms with van der Waals surface area (Å²) >= 11 is 0. The lowest BCUT2D eigenvalue weighted by atomic mass is 10.1. The summed E-state index contributed by atoms with van der Waals surface area (Å²) in [7, 11) is 0. The number of nitrogens with one attached hydrogen (secondary N) is 1. The minimum atomic E-state index is -4.39. The fraction of sp³-hybridized carbons (Fsp3) is 0.538. The van der Waals surface area contributed by atoms with E-state index in [1.165, 1.54) is 18.2 Å². The monoisotopic (exact) mass is 279 g/mol. The van der Waals surface area contributed by atoms with Crippen molar-refractivity contribution in [2.75, 3.05) is 19.7 Å².